The molecule has 0 aromatic heterocycles. The molecule has 0 saturated heterocycles. The van der Waals surface area contributed by atoms with Crippen LogP contribution in [0.25, 0.3) is 0 Å². The molecule has 16 heavy (non-hydrogen) atoms. The molecule has 0 rings (SSSR count). The van der Waals surface area contributed by atoms with Crippen molar-refractivity contribution in [2.24, 2.45) is 0 Å². The summed E-state index contributed by atoms with van der Waals surface area (Å²) in [7, 11) is 0. The van der Waals surface area contributed by atoms with Crippen molar-refractivity contribution >= 4 is 23.6 Å². The van der Waals surface area contributed by atoms with E-state index >= 15 is 0 Å². The molecule has 0 saturated carbocycles. The van der Waals surface area contributed by atoms with E-state index in [0.717, 1.165) is 0 Å². The van der Waals surface area contributed by atoms with Crippen LogP contribution in [0, 0.1) is 0 Å². The average molecular weight is 259 g/mol. The van der Waals surface area contributed by atoms with Crippen molar-refractivity contribution in [1.29, 1.82) is 0 Å². The highest BCUT2D eigenvalue weighted by atomic mass is 32.2. The summed E-state index contributed by atoms with van der Waals surface area (Å²) in [4.78, 5) is 21.0. The second-order valence-electron chi connectivity index (χ2n) is 2.89. The Kier molecular flexibility index (Phi) is 6.95. The molecule has 0 aliphatic rings. The van der Waals surface area contributed by atoms with Crippen molar-refractivity contribution in [2.45, 2.75) is 24.8 Å². The minimum atomic E-state index is -4.28. The number of carboxylic acid groups (broad SMARTS) is 1. The molecule has 0 aromatic carbocycles. The van der Waals surface area contributed by atoms with Crippen LogP contribution in [-0.2, 0) is 9.59 Å². The maximum atomic E-state index is 11.7. The standard InChI is InChI=1S/C8H12F3NO3S/c9-8(10,11)16-5-4-12-6(13)2-1-3-7(14)15/h1-5H2,(H,12,13)(H,14,15). The van der Waals surface area contributed by atoms with E-state index in [1.165, 1.54) is 0 Å². The SMILES string of the molecule is O=C(O)CCCC(=O)NCCSC(F)(F)F. The van der Waals surface area contributed by atoms with E-state index in [4.69, 9.17) is 5.11 Å². The number of alkyl halides is 3. The molecule has 0 bridgehead atoms. The van der Waals surface area contributed by atoms with Crippen LogP contribution < -0.4 is 5.32 Å². The molecule has 0 aliphatic heterocycles. The van der Waals surface area contributed by atoms with Gasteiger partial charge >= 0.3 is 11.5 Å². The molecule has 0 radical (unpaired) electrons. The predicted octanol–water partition coefficient (Wildman–Crippen LogP) is 1.61. The van der Waals surface area contributed by atoms with E-state index in [2.05, 4.69) is 5.32 Å². The summed E-state index contributed by atoms with van der Waals surface area (Å²) in [5.41, 5.74) is -4.28. The summed E-state index contributed by atoms with van der Waals surface area (Å²) < 4.78 is 35.0. The van der Waals surface area contributed by atoms with Gasteiger partial charge in [-0.25, -0.2) is 0 Å². The first-order chi connectivity index (χ1) is 7.31. The van der Waals surface area contributed by atoms with E-state index < -0.39 is 17.4 Å². The van der Waals surface area contributed by atoms with Crippen molar-refractivity contribution in [2.75, 3.05) is 12.3 Å². The largest absolute Gasteiger partial charge is 0.481 e. The van der Waals surface area contributed by atoms with E-state index in [1.54, 1.807) is 0 Å². The Bertz CT molecular complexity index is 245. The number of hydrogen-bond acceptors (Lipinski definition) is 3. The first-order valence-corrected chi connectivity index (χ1v) is 5.49. The lowest BCUT2D eigenvalue weighted by Gasteiger charge is -2.06. The van der Waals surface area contributed by atoms with Crippen molar-refractivity contribution < 1.29 is 27.9 Å². The van der Waals surface area contributed by atoms with Gasteiger partial charge in [0.25, 0.3) is 0 Å². The molecular formula is C8H12F3NO3S. The molecule has 8 heteroatoms. The topological polar surface area (TPSA) is 66.4 Å². The third kappa shape index (κ3) is 11.2. The summed E-state index contributed by atoms with van der Waals surface area (Å²) in [6, 6.07) is 0. The second-order valence-corrected chi connectivity index (χ2v) is 4.05. The normalized spacial score (nSPS) is 11.2. The van der Waals surface area contributed by atoms with Crippen molar-refractivity contribution in [3.8, 4) is 0 Å². The number of thioether (sulfide) groups is 1. The molecule has 0 fully saturated rings. The Hall–Kier alpha value is -0.920. The van der Waals surface area contributed by atoms with Crippen LogP contribution in [0.5, 0.6) is 0 Å². The van der Waals surface area contributed by atoms with Gasteiger partial charge in [-0.3, -0.25) is 9.59 Å². The van der Waals surface area contributed by atoms with Crippen LogP contribution in [0.3, 0.4) is 0 Å². The lowest BCUT2D eigenvalue weighted by molar-refractivity contribution is -0.137. The van der Waals surface area contributed by atoms with E-state index in [9.17, 15) is 22.8 Å². The molecule has 0 spiro atoms. The van der Waals surface area contributed by atoms with E-state index in [1.807, 2.05) is 0 Å². The van der Waals surface area contributed by atoms with Gasteiger partial charge in [0.1, 0.15) is 0 Å². The number of halogens is 3. The lowest BCUT2D eigenvalue weighted by Crippen LogP contribution is -2.26. The molecule has 0 heterocycles. The highest BCUT2D eigenvalue weighted by Crippen LogP contribution is 2.29. The number of nitrogens with one attached hydrogen (secondary N) is 1. The lowest BCUT2D eigenvalue weighted by atomic mass is 10.2. The Morgan fingerprint density at radius 2 is 1.88 bits per heavy atom. The third-order valence-electron chi connectivity index (χ3n) is 1.48. The van der Waals surface area contributed by atoms with E-state index in [-0.39, 0.29) is 43.3 Å². The van der Waals surface area contributed by atoms with Crippen LogP contribution in [0.1, 0.15) is 19.3 Å². The Balaban J connectivity index is 3.41. The summed E-state index contributed by atoms with van der Waals surface area (Å²) in [5.74, 6) is -1.67. The van der Waals surface area contributed by atoms with Crippen LogP contribution in [-0.4, -0.2) is 34.8 Å². The number of rotatable bonds is 7. The molecular weight excluding hydrogens is 247 g/mol. The van der Waals surface area contributed by atoms with Gasteiger partial charge in [0.2, 0.25) is 5.91 Å². The van der Waals surface area contributed by atoms with Gasteiger partial charge in [-0.2, -0.15) is 13.2 Å². The fourth-order valence-corrected chi connectivity index (χ4v) is 1.28. The quantitative estimate of drug-likeness (QED) is 0.682. The molecule has 4 nitrogen and oxygen atoms in total. The number of carbonyl (C=O) groups is 2. The van der Waals surface area contributed by atoms with Crippen LogP contribution in [0.4, 0.5) is 13.2 Å². The zero-order chi connectivity index (χ0) is 12.6. The van der Waals surface area contributed by atoms with Gasteiger partial charge in [0, 0.05) is 25.1 Å². The fourth-order valence-electron chi connectivity index (χ4n) is 0.846. The molecule has 2 N–H and O–H groups in total. The smallest absolute Gasteiger partial charge is 0.441 e. The molecule has 0 aliphatic carbocycles. The summed E-state index contributed by atoms with van der Waals surface area (Å²) in [6.45, 7) is -0.0733. The summed E-state index contributed by atoms with van der Waals surface area (Å²) >= 11 is -0.205. The summed E-state index contributed by atoms with van der Waals surface area (Å²) in [5, 5.41) is 10.5. The first kappa shape index (κ1) is 15.1. The number of aliphatic carboxylic acids is 1. The van der Waals surface area contributed by atoms with Crippen LogP contribution in [0.2, 0.25) is 0 Å². The monoisotopic (exact) mass is 259 g/mol. The molecule has 0 unspecified atom stereocenters. The summed E-state index contributed by atoms with van der Waals surface area (Å²) in [6.07, 6.45) is 0.0846. The number of hydrogen-bond donors (Lipinski definition) is 2. The Morgan fingerprint density at radius 1 is 1.25 bits per heavy atom. The Labute approximate surface area is 94.6 Å². The van der Waals surface area contributed by atoms with Gasteiger partial charge < -0.3 is 10.4 Å². The predicted molar refractivity (Wildman–Crippen MR) is 53.0 cm³/mol. The van der Waals surface area contributed by atoms with Gasteiger partial charge in [0.15, 0.2) is 0 Å². The second kappa shape index (κ2) is 7.37. The highest BCUT2D eigenvalue weighted by Gasteiger charge is 2.27. The maximum absolute atomic E-state index is 11.7. The van der Waals surface area contributed by atoms with Crippen molar-refractivity contribution in [3.05, 3.63) is 0 Å². The maximum Gasteiger partial charge on any atom is 0.441 e. The number of carboxylic acids is 1. The fraction of sp³-hybridized carbons (Fsp3) is 0.750. The van der Waals surface area contributed by atoms with Crippen LogP contribution in [0.15, 0.2) is 0 Å². The molecule has 94 valence electrons. The zero-order valence-electron chi connectivity index (χ0n) is 8.34. The van der Waals surface area contributed by atoms with Gasteiger partial charge in [-0.15, -0.1) is 0 Å². The highest BCUT2D eigenvalue weighted by molar-refractivity contribution is 8.00. The first-order valence-electron chi connectivity index (χ1n) is 4.50. The van der Waals surface area contributed by atoms with E-state index in [0.29, 0.717) is 0 Å². The number of carbonyl (C=O) groups excluding carboxylic acids is 1. The van der Waals surface area contributed by atoms with Gasteiger partial charge in [0.05, 0.1) is 0 Å². The van der Waals surface area contributed by atoms with Gasteiger partial charge in [-0.1, -0.05) is 0 Å². The van der Waals surface area contributed by atoms with Crippen LogP contribution >= 0.6 is 11.8 Å². The number of amides is 1. The molecule has 0 atom stereocenters. The third-order valence-corrected chi connectivity index (χ3v) is 2.22. The van der Waals surface area contributed by atoms with Gasteiger partial charge in [-0.05, 0) is 18.2 Å². The minimum Gasteiger partial charge on any atom is -0.481 e. The van der Waals surface area contributed by atoms with Crippen molar-refractivity contribution in [1.82, 2.24) is 5.32 Å². The van der Waals surface area contributed by atoms with Crippen molar-refractivity contribution in [3.63, 3.8) is 0 Å². The average Bonchev–Trinajstić information content (AvgIpc) is 2.10. The molecule has 1 amide bonds. The molecule has 0 aromatic rings. The Morgan fingerprint density at radius 3 is 2.38 bits per heavy atom. The zero-order valence-corrected chi connectivity index (χ0v) is 9.16. The minimum absolute atomic E-state index is 0.0168.